The van der Waals surface area contributed by atoms with E-state index in [1.54, 1.807) is 0 Å². The monoisotopic (exact) mass is 660 g/mol. The van der Waals surface area contributed by atoms with Crippen molar-refractivity contribution >= 4 is 13.8 Å². The molecule has 0 aromatic carbocycles. The minimum Gasteiger partial charge on any atom is -0.457 e. The number of carbonyl (C=O) groups is 1. The molecule has 0 aromatic heterocycles. The van der Waals surface area contributed by atoms with Crippen molar-refractivity contribution in [3.63, 3.8) is 0 Å². The summed E-state index contributed by atoms with van der Waals surface area (Å²) in [5.41, 5.74) is 0. The van der Waals surface area contributed by atoms with Gasteiger partial charge in [0, 0.05) is 13.0 Å². The Hall–Kier alpha value is -1.32. The number of aliphatic hydroxyl groups is 2. The van der Waals surface area contributed by atoms with Crippen LogP contribution in [-0.2, 0) is 27.9 Å². The van der Waals surface area contributed by atoms with Crippen LogP contribution < -0.4 is 0 Å². The van der Waals surface area contributed by atoms with Crippen molar-refractivity contribution in [1.29, 1.82) is 0 Å². The number of phosphoric ester groups is 1. The molecule has 3 atom stereocenters. The van der Waals surface area contributed by atoms with E-state index < -0.39 is 39.2 Å². The summed E-state index contributed by atoms with van der Waals surface area (Å²) in [6.45, 7) is 3.34. The van der Waals surface area contributed by atoms with Gasteiger partial charge in [0.05, 0.1) is 26.4 Å². The van der Waals surface area contributed by atoms with Crippen LogP contribution >= 0.6 is 7.82 Å². The molecule has 0 radical (unpaired) electrons. The minimum absolute atomic E-state index is 0.0386. The van der Waals surface area contributed by atoms with Crippen LogP contribution in [0.3, 0.4) is 0 Å². The van der Waals surface area contributed by atoms with Gasteiger partial charge in [0.2, 0.25) is 0 Å². The standard InChI is InChI=1S/C35H65O9P/c1-3-5-7-9-11-13-15-16-17-19-21-23-25-27-35(38)44-34(32-43-45(39,40)42-30-33(37)29-36)31-41-28-26-24-22-20-18-14-12-10-8-6-4-2/h5,7,11,13,16-17,33-34,36-37H,3-4,6,8-10,12,14-15,18-32H2,1-2H3,(H,39,40)/b7-5-,13-11-,17-16-. The number of allylic oxidation sites excluding steroid dienone is 6. The van der Waals surface area contributed by atoms with Crippen LogP contribution in [0.15, 0.2) is 36.5 Å². The fourth-order valence-corrected chi connectivity index (χ4v) is 5.22. The predicted octanol–water partition coefficient (Wildman–Crippen LogP) is 8.52. The Morgan fingerprint density at radius 2 is 1.27 bits per heavy atom. The molecular weight excluding hydrogens is 595 g/mol. The Labute approximate surface area is 274 Å². The van der Waals surface area contributed by atoms with Gasteiger partial charge < -0.3 is 24.6 Å². The van der Waals surface area contributed by atoms with E-state index in [0.717, 1.165) is 57.8 Å². The van der Waals surface area contributed by atoms with Gasteiger partial charge in [-0.2, -0.15) is 0 Å². The second-order valence-corrected chi connectivity index (χ2v) is 13.0. The van der Waals surface area contributed by atoms with Gasteiger partial charge in [-0.3, -0.25) is 13.8 Å². The summed E-state index contributed by atoms with van der Waals surface area (Å²) < 4.78 is 33.1. The van der Waals surface area contributed by atoms with Crippen molar-refractivity contribution in [3.05, 3.63) is 36.5 Å². The molecule has 0 heterocycles. The van der Waals surface area contributed by atoms with Gasteiger partial charge in [-0.1, -0.05) is 121 Å². The molecule has 3 unspecified atom stereocenters. The normalized spacial score (nSPS) is 14.9. The van der Waals surface area contributed by atoms with E-state index >= 15 is 0 Å². The first-order valence-electron chi connectivity index (χ1n) is 17.5. The summed E-state index contributed by atoms with van der Waals surface area (Å²) in [6, 6.07) is 0. The van der Waals surface area contributed by atoms with E-state index in [2.05, 4.69) is 50.3 Å². The highest BCUT2D eigenvalue weighted by molar-refractivity contribution is 7.47. The third kappa shape index (κ3) is 32.4. The van der Waals surface area contributed by atoms with Crippen LogP contribution in [0.1, 0.15) is 136 Å². The van der Waals surface area contributed by atoms with Crippen molar-refractivity contribution < 1.29 is 43.0 Å². The summed E-state index contributed by atoms with van der Waals surface area (Å²) in [6.07, 6.45) is 31.0. The summed E-state index contributed by atoms with van der Waals surface area (Å²) >= 11 is 0. The van der Waals surface area contributed by atoms with Crippen molar-refractivity contribution in [2.75, 3.05) is 33.0 Å². The molecule has 0 aliphatic carbocycles. The molecule has 0 amide bonds. The van der Waals surface area contributed by atoms with Crippen LogP contribution in [0.25, 0.3) is 0 Å². The number of carbonyl (C=O) groups excluding carboxylic acids is 1. The van der Waals surface area contributed by atoms with Gasteiger partial charge in [-0.05, 0) is 44.9 Å². The quantitative estimate of drug-likeness (QED) is 0.0274. The van der Waals surface area contributed by atoms with E-state index in [9.17, 15) is 19.4 Å². The zero-order chi connectivity index (χ0) is 33.3. The summed E-state index contributed by atoms with van der Waals surface area (Å²) in [5, 5.41) is 18.2. The van der Waals surface area contributed by atoms with Crippen LogP contribution in [0, 0.1) is 0 Å². The Kier molecular flexibility index (Phi) is 31.7. The van der Waals surface area contributed by atoms with Crippen molar-refractivity contribution in [2.45, 2.75) is 148 Å². The number of esters is 1. The molecule has 10 heteroatoms. The lowest BCUT2D eigenvalue weighted by atomic mass is 10.1. The van der Waals surface area contributed by atoms with Gasteiger partial charge in [-0.15, -0.1) is 0 Å². The zero-order valence-electron chi connectivity index (χ0n) is 28.3. The maximum atomic E-state index is 12.5. The lowest BCUT2D eigenvalue weighted by Crippen LogP contribution is -2.29. The smallest absolute Gasteiger partial charge is 0.457 e. The maximum Gasteiger partial charge on any atom is 0.472 e. The molecule has 0 aliphatic rings. The Morgan fingerprint density at radius 1 is 0.711 bits per heavy atom. The molecule has 0 bridgehead atoms. The maximum absolute atomic E-state index is 12.5. The van der Waals surface area contributed by atoms with Gasteiger partial charge in [0.25, 0.3) is 0 Å². The number of aliphatic hydroxyl groups excluding tert-OH is 2. The van der Waals surface area contributed by atoms with Crippen LogP contribution in [-0.4, -0.2) is 66.3 Å². The first-order chi connectivity index (χ1) is 21.8. The third-order valence-corrected chi connectivity index (χ3v) is 8.04. The molecule has 3 N–H and O–H groups in total. The predicted molar refractivity (Wildman–Crippen MR) is 182 cm³/mol. The van der Waals surface area contributed by atoms with E-state index in [4.69, 9.17) is 23.6 Å². The number of phosphoric acid groups is 1. The van der Waals surface area contributed by atoms with Crippen molar-refractivity contribution in [1.82, 2.24) is 0 Å². The van der Waals surface area contributed by atoms with Crippen LogP contribution in [0.2, 0.25) is 0 Å². The van der Waals surface area contributed by atoms with E-state index in [0.29, 0.717) is 13.0 Å². The number of hydrogen-bond acceptors (Lipinski definition) is 8. The highest BCUT2D eigenvalue weighted by Crippen LogP contribution is 2.43. The number of hydrogen-bond donors (Lipinski definition) is 3. The first-order valence-corrected chi connectivity index (χ1v) is 19.0. The fourth-order valence-electron chi connectivity index (χ4n) is 4.43. The molecule has 0 spiro atoms. The van der Waals surface area contributed by atoms with Gasteiger partial charge in [0.15, 0.2) is 0 Å². The molecular formula is C35H65O9P. The molecule has 0 aliphatic heterocycles. The number of rotatable bonds is 33. The molecule has 0 aromatic rings. The molecule has 45 heavy (non-hydrogen) atoms. The third-order valence-electron chi connectivity index (χ3n) is 7.09. The lowest BCUT2D eigenvalue weighted by Gasteiger charge is -2.20. The summed E-state index contributed by atoms with van der Waals surface area (Å²) in [5.74, 6) is -0.413. The van der Waals surface area contributed by atoms with Gasteiger partial charge in [0.1, 0.15) is 12.2 Å². The largest absolute Gasteiger partial charge is 0.472 e. The molecule has 0 fully saturated rings. The van der Waals surface area contributed by atoms with Crippen LogP contribution in [0.5, 0.6) is 0 Å². The number of unbranched alkanes of at least 4 members (excludes halogenated alkanes) is 13. The number of ether oxygens (including phenoxy) is 2. The highest BCUT2D eigenvalue weighted by atomic mass is 31.2. The minimum atomic E-state index is -4.51. The highest BCUT2D eigenvalue weighted by Gasteiger charge is 2.26. The second-order valence-electron chi connectivity index (χ2n) is 11.5. The molecule has 0 saturated carbocycles. The zero-order valence-corrected chi connectivity index (χ0v) is 29.2. The Balaban J connectivity index is 4.34. The Bertz CT molecular complexity index is 800. The average Bonchev–Trinajstić information content (AvgIpc) is 3.03. The first kappa shape index (κ1) is 43.7. The second kappa shape index (κ2) is 32.6. The fraction of sp³-hybridized carbons (Fsp3) is 0.800. The Morgan fingerprint density at radius 3 is 1.89 bits per heavy atom. The summed E-state index contributed by atoms with van der Waals surface area (Å²) in [4.78, 5) is 22.4. The molecule has 0 saturated heterocycles. The van der Waals surface area contributed by atoms with Crippen molar-refractivity contribution in [3.8, 4) is 0 Å². The topological polar surface area (TPSA) is 132 Å². The average molecular weight is 661 g/mol. The summed E-state index contributed by atoms with van der Waals surface area (Å²) in [7, 11) is -4.51. The SMILES string of the molecule is CC/C=C\C/C=C\C/C=C\CCCCCC(=O)OC(COCCCCCCCCCCCCC)COP(=O)(O)OCC(O)CO. The molecule has 9 nitrogen and oxygen atoms in total. The lowest BCUT2D eigenvalue weighted by molar-refractivity contribution is -0.154. The van der Waals surface area contributed by atoms with E-state index in [1.807, 2.05) is 0 Å². The van der Waals surface area contributed by atoms with Crippen molar-refractivity contribution in [2.24, 2.45) is 0 Å². The van der Waals surface area contributed by atoms with Gasteiger partial charge in [-0.25, -0.2) is 4.57 Å². The van der Waals surface area contributed by atoms with E-state index in [-0.39, 0.29) is 19.6 Å². The van der Waals surface area contributed by atoms with Crippen LogP contribution in [0.4, 0.5) is 0 Å². The molecule has 264 valence electrons. The molecule has 0 rings (SSSR count). The van der Waals surface area contributed by atoms with Gasteiger partial charge >= 0.3 is 13.8 Å². The van der Waals surface area contributed by atoms with E-state index in [1.165, 1.54) is 51.4 Å².